The number of nitrogens with zero attached hydrogens (tertiary/aromatic N) is 4. The lowest BCUT2D eigenvalue weighted by molar-refractivity contribution is 0.0779. The Morgan fingerprint density at radius 3 is 2.56 bits per heavy atom. The molecule has 130 valence electrons. The lowest BCUT2D eigenvalue weighted by atomic mass is 10.1. The van der Waals surface area contributed by atoms with Gasteiger partial charge in [0.25, 0.3) is 5.91 Å². The lowest BCUT2D eigenvalue weighted by Crippen LogP contribution is -2.26. The van der Waals surface area contributed by atoms with Crippen molar-refractivity contribution in [2.24, 2.45) is 7.05 Å². The number of hydrogen-bond donors (Lipinski definition) is 1. The Bertz CT molecular complexity index is 910. The third-order valence-electron chi connectivity index (χ3n) is 4.25. The Morgan fingerprint density at radius 2 is 1.96 bits per heavy atom. The van der Waals surface area contributed by atoms with E-state index in [-0.39, 0.29) is 5.91 Å². The zero-order chi connectivity index (χ0) is 18.1. The molecule has 0 radical (unpaired) electrons. The van der Waals surface area contributed by atoms with Gasteiger partial charge in [0.1, 0.15) is 5.69 Å². The van der Waals surface area contributed by atoms with Crippen LogP contribution in [0.4, 0.5) is 0 Å². The highest BCUT2D eigenvalue weighted by Gasteiger charge is 2.19. The van der Waals surface area contributed by atoms with Crippen LogP contribution in [0.2, 0.25) is 5.02 Å². The van der Waals surface area contributed by atoms with Gasteiger partial charge in [0, 0.05) is 36.9 Å². The van der Waals surface area contributed by atoms with Gasteiger partial charge in [-0.25, -0.2) is 0 Å². The lowest BCUT2D eigenvalue weighted by Gasteiger charge is -2.16. The minimum Gasteiger partial charge on any atom is -0.336 e. The number of hydrogen-bond acceptors (Lipinski definition) is 3. The summed E-state index contributed by atoms with van der Waals surface area (Å²) in [5.41, 5.74) is 5.05. The van der Waals surface area contributed by atoms with Gasteiger partial charge in [0.05, 0.1) is 11.4 Å². The molecule has 1 N–H and O–H groups in total. The third kappa shape index (κ3) is 3.44. The van der Waals surface area contributed by atoms with Gasteiger partial charge in [0.2, 0.25) is 0 Å². The Labute approximate surface area is 151 Å². The molecule has 0 fully saturated rings. The van der Waals surface area contributed by atoms with Gasteiger partial charge in [-0.1, -0.05) is 23.7 Å². The summed E-state index contributed by atoms with van der Waals surface area (Å²) in [5.74, 6) is -0.118. The summed E-state index contributed by atoms with van der Waals surface area (Å²) in [6.45, 7) is 4.42. The fraction of sp³-hybridized carbons (Fsp3) is 0.278. The molecular weight excluding hydrogens is 338 g/mol. The number of carbonyl (C=O) groups is 1. The van der Waals surface area contributed by atoms with E-state index in [9.17, 15) is 4.79 Å². The second kappa shape index (κ2) is 6.72. The zero-order valence-corrected chi connectivity index (χ0v) is 15.4. The van der Waals surface area contributed by atoms with Crippen LogP contribution in [0.15, 0.2) is 30.3 Å². The molecule has 3 aromatic rings. The first-order chi connectivity index (χ1) is 11.9. The van der Waals surface area contributed by atoms with Crippen molar-refractivity contribution in [3.05, 3.63) is 58.0 Å². The number of rotatable bonds is 4. The topological polar surface area (TPSA) is 66.8 Å². The van der Waals surface area contributed by atoms with Crippen LogP contribution in [0.3, 0.4) is 0 Å². The molecule has 1 aromatic carbocycles. The van der Waals surface area contributed by atoms with Gasteiger partial charge in [0.15, 0.2) is 0 Å². The van der Waals surface area contributed by atoms with E-state index in [4.69, 9.17) is 11.6 Å². The molecule has 2 heterocycles. The molecule has 1 amide bonds. The number of amides is 1. The fourth-order valence-electron chi connectivity index (χ4n) is 2.84. The summed E-state index contributed by atoms with van der Waals surface area (Å²) in [5, 5.41) is 12.2. The van der Waals surface area contributed by atoms with Gasteiger partial charge in [-0.3, -0.25) is 14.6 Å². The van der Waals surface area contributed by atoms with Crippen molar-refractivity contribution in [1.29, 1.82) is 0 Å². The highest BCUT2D eigenvalue weighted by Crippen LogP contribution is 2.25. The summed E-state index contributed by atoms with van der Waals surface area (Å²) in [6, 6.07) is 9.23. The number of aryl methyl sites for hydroxylation is 2. The van der Waals surface area contributed by atoms with Crippen LogP contribution in [0.25, 0.3) is 11.3 Å². The summed E-state index contributed by atoms with van der Waals surface area (Å²) in [6.07, 6.45) is 0. The van der Waals surface area contributed by atoms with E-state index in [1.165, 1.54) is 0 Å². The molecule has 6 nitrogen and oxygen atoms in total. The van der Waals surface area contributed by atoms with Gasteiger partial charge in [-0.05, 0) is 37.6 Å². The van der Waals surface area contributed by atoms with E-state index in [0.29, 0.717) is 17.3 Å². The Hall–Kier alpha value is -2.60. The van der Waals surface area contributed by atoms with E-state index in [1.54, 1.807) is 18.0 Å². The van der Waals surface area contributed by atoms with E-state index in [1.807, 2.05) is 49.8 Å². The monoisotopic (exact) mass is 357 g/mol. The van der Waals surface area contributed by atoms with Crippen LogP contribution in [-0.4, -0.2) is 37.8 Å². The number of carbonyl (C=O) groups excluding carboxylic acids is 1. The van der Waals surface area contributed by atoms with Crippen molar-refractivity contribution < 1.29 is 4.79 Å². The molecule has 0 aliphatic rings. The van der Waals surface area contributed by atoms with E-state index >= 15 is 0 Å². The van der Waals surface area contributed by atoms with Crippen molar-refractivity contribution in [3.8, 4) is 11.3 Å². The predicted molar refractivity (Wildman–Crippen MR) is 97.5 cm³/mol. The van der Waals surface area contributed by atoms with E-state index in [0.717, 1.165) is 28.2 Å². The number of halogens is 1. The number of aromatic amines is 1. The SMILES string of the molecule is Cc1nn(C)c(C)c1-c1cc(C(=O)N(C)Cc2ccc(Cl)cc2)[nH]n1. The van der Waals surface area contributed by atoms with Gasteiger partial charge >= 0.3 is 0 Å². The molecule has 0 atom stereocenters. The molecule has 0 bridgehead atoms. The van der Waals surface area contributed by atoms with Crippen LogP contribution in [0.1, 0.15) is 27.4 Å². The number of aromatic nitrogens is 4. The van der Waals surface area contributed by atoms with Gasteiger partial charge in [-0.2, -0.15) is 10.2 Å². The molecule has 0 saturated carbocycles. The Kier molecular flexibility index (Phi) is 4.63. The number of H-pyrrole nitrogens is 1. The van der Waals surface area contributed by atoms with Crippen molar-refractivity contribution in [2.45, 2.75) is 20.4 Å². The average molecular weight is 358 g/mol. The third-order valence-corrected chi connectivity index (χ3v) is 4.51. The van der Waals surface area contributed by atoms with Crippen molar-refractivity contribution in [3.63, 3.8) is 0 Å². The van der Waals surface area contributed by atoms with E-state index < -0.39 is 0 Å². The molecule has 0 aliphatic carbocycles. The Morgan fingerprint density at radius 1 is 1.28 bits per heavy atom. The van der Waals surface area contributed by atoms with Crippen molar-refractivity contribution >= 4 is 17.5 Å². The van der Waals surface area contributed by atoms with Crippen molar-refractivity contribution in [1.82, 2.24) is 24.9 Å². The van der Waals surface area contributed by atoms with Crippen LogP contribution >= 0.6 is 11.6 Å². The second-order valence-electron chi connectivity index (χ2n) is 6.12. The smallest absolute Gasteiger partial charge is 0.271 e. The summed E-state index contributed by atoms with van der Waals surface area (Å²) < 4.78 is 1.81. The minimum atomic E-state index is -0.118. The average Bonchev–Trinajstić information content (AvgIpc) is 3.14. The van der Waals surface area contributed by atoms with Crippen LogP contribution in [-0.2, 0) is 13.6 Å². The predicted octanol–water partition coefficient (Wildman–Crippen LogP) is 3.35. The normalized spacial score (nSPS) is 10.9. The molecular formula is C18H20ClN5O. The number of nitrogens with one attached hydrogen (secondary N) is 1. The van der Waals surface area contributed by atoms with E-state index in [2.05, 4.69) is 15.3 Å². The molecule has 0 unspecified atom stereocenters. The number of benzene rings is 1. The fourth-order valence-corrected chi connectivity index (χ4v) is 2.97. The summed E-state index contributed by atoms with van der Waals surface area (Å²) >= 11 is 5.89. The first kappa shape index (κ1) is 17.2. The minimum absolute atomic E-state index is 0.118. The molecule has 2 aromatic heterocycles. The molecule has 25 heavy (non-hydrogen) atoms. The van der Waals surface area contributed by atoms with Gasteiger partial charge in [-0.15, -0.1) is 0 Å². The Balaban J connectivity index is 1.79. The highest BCUT2D eigenvalue weighted by atomic mass is 35.5. The highest BCUT2D eigenvalue weighted by molar-refractivity contribution is 6.30. The molecule has 0 spiro atoms. The maximum absolute atomic E-state index is 12.6. The molecule has 0 aliphatic heterocycles. The maximum atomic E-state index is 12.6. The van der Waals surface area contributed by atoms with Gasteiger partial charge < -0.3 is 4.90 Å². The maximum Gasteiger partial charge on any atom is 0.271 e. The standard InChI is InChI=1S/C18H20ClN5O/c1-11-17(12(2)24(4)22-11)15-9-16(21-20-15)18(25)23(3)10-13-5-7-14(19)8-6-13/h5-9H,10H2,1-4H3,(H,20,21). The molecule has 3 rings (SSSR count). The zero-order valence-electron chi connectivity index (χ0n) is 14.7. The quantitative estimate of drug-likeness (QED) is 0.778. The first-order valence-corrected chi connectivity index (χ1v) is 8.30. The van der Waals surface area contributed by atoms with Crippen LogP contribution < -0.4 is 0 Å². The summed E-state index contributed by atoms with van der Waals surface area (Å²) in [7, 11) is 3.66. The van der Waals surface area contributed by atoms with Crippen LogP contribution in [0.5, 0.6) is 0 Å². The largest absolute Gasteiger partial charge is 0.336 e. The van der Waals surface area contributed by atoms with Crippen LogP contribution in [0, 0.1) is 13.8 Å². The molecule has 7 heteroatoms. The molecule has 0 saturated heterocycles. The summed E-state index contributed by atoms with van der Waals surface area (Å²) in [4.78, 5) is 14.3. The first-order valence-electron chi connectivity index (χ1n) is 7.92. The second-order valence-corrected chi connectivity index (χ2v) is 6.56. The van der Waals surface area contributed by atoms with Crippen molar-refractivity contribution in [2.75, 3.05) is 7.05 Å².